The summed E-state index contributed by atoms with van der Waals surface area (Å²) in [6, 6.07) is 6.08. The average Bonchev–Trinajstić information content (AvgIpc) is 3.14. The second kappa shape index (κ2) is 10.6. The molecule has 1 aliphatic carbocycles. The van der Waals surface area contributed by atoms with E-state index in [4.69, 9.17) is 0 Å². The maximum absolute atomic E-state index is 13.7. The number of halogens is 1. The zero-order chi connectivity index (χ0) is 21.5. The Kier molecular flexibility index (Phi) is 7.84. The van der Waals surface area contributed by atoms with E-state index in [0.29, 0.717) is 23.4 Å². The number of rotatable bonds is 8. The number of benzene rings is 1. The van der Waals surface area contributed by atoms with Crippen molar-refractivity contribution < 1.29 is 14.0 Å². The third kappa shape index (κ3) is 5.59. The average molecular weight is 434 g/mol. The number of carbonyl (C=O) groups is 2. The van der Waals surface area contributed by atoms with Crippen LogP contribution in [-0.4, -0.2) is 38.4 Å². The molecule has 0 unspecified atom stereocenters. The van der Waals surface area contributed by atoms with Gasteiger partial charge in [-0.25, -0.2) is 4.39 Å². The first kappa shape index (κ1) is 22.3. The van der Waals surface area contributed by atoms with Crippen molar-refractivity contribution >= 4 is 23.6 Å². The highest BCUT2D eigenvalue weighted by molar-refractivity contribution is 7.99. The lowest BCUT2D eigenvalue weighted by molar-refractivity contribution is -0.119. The predicted octanol–water partition coefficient (Wildman–Crippen LogP) is 3.15. The molecular formula is C21H28FN5O2S. The monoisotopic (exact) mass is 433 g/mol. The Morgan fingerprint density at radius 1 is 1.23 bits per heavy atom. The summed E-state index contributed by atoms with van der Waals surface area (Å²) in [5, 5.41) is 14.7. The third-order valence-corrected chi connectivity index (χ3v) is 6.39. The molecule has 2 aromatic rings. The molecule has 1 aromatic carbocycles. The molecule has 2 amide bonds. The Bertz CT molecular complexity index is 888. The number of nitrogens with zero attached hydrogens (tertiary/aromatic N) is 3. The summed E-state index contributed by atoms with van der Waals surface area (Å²) in [5.74, 6) is 0.264. The van der Waals surface area contributed by atoms with E-state index in [-0.39, 0.29) is 29.8 Å². The minimum Gasteiger partial charge on any atom is -0.352 e. The summed E-state index contributed by atoms with van der Waals surface area (Å²) in [4.78, 5) is 24.6. The van der Waals surface area contributed by atoms with Crippen LogP contribution in [0.15, 0.2) is 29.4 Å². The fraction of sp³-hybridized carbons (Fsp3) is 0.524. The minimum absolute atomic E-state index is 0.00110. The van der Waals surface area contributed by atoms with Gasteiger partial charge in [-0.05, 0) is 37.8 Å². The molecule has 3 rings (SSSR count). The first-order valence-electron chi connectivity index (χ1n) is 10.4. The number of carbonyl (C=O) groups excluding carboxylic acids is 2. The van der Waals surface area contributed by atoms with Crippen LogP contribution in [-0.2, 0) is 17.9 Å². The lowest BCUT2D eigenvalue weighted by Crippen LogP contribution is -2.41. The van der Waals surface area contributed by atoms with E-state index in [1.165, 1.54) is 36.4 Å². The third-order valence-electron chi connectivity index (χ3n) is 5.43. The smallest absolute Gasteiger partial charge is 0.254 e. The van der Waals surface area contributed by atoms with Gasteiger partial charge in [0.15, 0.2) is 11.0 Å². The highest BCUT2D eigenvalue weighted by Crippen LogP contribution is 2.24. The van der Waals surface area contributed by atoms with Gasteiger partial charge in [-0.2, -0.15) is 0 Å². The van der Waals surface area contributed by atoms with Gasteiger partial charge in [-0.1, -0.05) is 43.7 Å². The lowest BCUT2D eigenvalue weighted by atomic mass is 9.86. The molecule has 0 bridgehead atoms. The van der Waals surface area contributed by atoms with Crippen LogP contribution in [0.25, 0.3) is 0 Å². The molecule has 0 spiro atoms. The van der Waals surface area contributed by atoms with Gasteiger partial charge in [0, 0.05) is 12.6 Å². The zero-order valence-corrected chi connectivity index (χ0v) is 18.2. The lowest BCUT2D eigenvalue weighted by Gasteiger charge is -2.29. The molecule has 7 nitrogen and oxygen atoms in total. The van der Waals surface area contributed by atoms with Gasteiger partial charge in [0.1, 0.15) is 5.82 Å². The van der Waals surface area contributed by atoms with Gasteiger partial charge in [-0.15, -0.1) is 10.2 Å². The van der Waals surface area contributed by atoms with Crippen LogP contribution in [0, 0.1) is 11.7 Å². The van der Waals surface area contributed by atoms with Gasteiger partial charge in [0.25, 0.3) is 5.91 Å². The van der Waals surface area contributed by atoms with Crippen LogP contribution < -0.4 is 10.6 Å². The van der Waals surface area contributed by atoms with Crippen LogP contribution >= 0.6 is 11.8 Å². The van der Waals surface area contributed by atoms with Gasteiger partial charge >= 0.3 is 0 Å². The highest BCUT2D eigenvalue weighted by atomic mass is 32.2. The zero-order valence-electron chi connectivity index (χ0n) is 17.4. The SMILES string of the molecule is CCn1c(CNC(=O)c2ccccc2F)nnc1SCC(=O)N[C@@H]1CCCC[C@@H]1C. The van der Waals surface area contributed by atoms with Gasteiger partial charge < -0.3 is 15.2 Å². The highest BCUT2D eigenvalue weighted by Gasteiger charge is 2.23. The van der Waals surface area contributed by atoms with Gasteiger partial charge in [-0.3, -0.25) is 9.59 Å². The number of aromatic nitrogens is 3. The first-order chi connectivity index (χ1) is 14.5. The largest absolute Gasteiger partial charge is 0.352 e. The Morgan fingerprint density at radius 3 is 2.73 bits per heavy atom. The summed E-state index contributed by atoms with van der Waals surface area (Å²) in [5.41, 5.74) is -0.0109. The Hall–Kier alpha value is -2.42. The quantitative estimate of drug-likeness (QED) is 0.625. The number of nitrogens with one attached hydrogen (secondary N) is 2. The number of amides is 2. The van der Waals surface area contributed by atoms with Crippen LogP contribution in [0.5, 0.6) is 0 Å². The normalized spacial score (nSPS) is 18.8. The number of thioether (sulfide) groups is 1. The van der Waals surface area contributed by atoms with Crippen molar-refractivity contribution in [2.45, 2.75) is 63.8 Å². The molecule has 1 heterocycles. The van der Waals surface area contributed by atoms with Crippen molar-refractivity contribution in [2.75, 3.05) is 5.75 Å². The van der Waals surface area contributed by atoms with E-state index in [9.17, 15) is 14.0 Å². The molecule has 162 valence electrons. The molecule has 30 heavy (non-hydrogen) atoms. The molecule has 1 fully saturated rings. The van der Waals surface area contributed by atoms with E-state index in [1.807, 2.05) is 11.5 Å². The first-order valence-corrected chi connectivity index (χ1v) is 11.3. The molecule has 0 aliphatic heterocycles. The van der Waals surface area contributed by atoms with Crippen LogP contribution in [0.4, 0.5) is 4.39 Å². The number of hydrogen-bond donors (Lipinski definition) is 2. The standard InChI is InChI=1S/C21H28FN5O2S/c1-3-27-18(12-23-20(29)15-9-5-6-10-16(15)22)25-26-21(27)30-13-19(28)24-17-11-7-4-8-14(17)2/h5-6,9-10,14,17H,3-4,7-8,11-13H2,1-2H3,(H,23,29)(H,24,28)/t14-,17+/m0/s1. The van der Waals surface area contributed by atoms with Crippen LogP contribution in [0.1, 0.15) is 55.7 Å². The molecule has 1 aliphatic rings. The molecule has 1 saturated carbocycles. The molecule has 0 saturated heterocycles. The van der Waals surface area contributed by atoms with Crippen LogP contribution in [0.3, 0.4) is 0 Å². The summed E-state index contributed by atoms with van der Waals surface area (Å²) >= 11 is 1.33. The molecule has 2 atom stereocenters. The topological polar surface area (TPSA) is 88.9 Å². The van der Waals surface area contributed by atoms with Crippen molar-refractivity contribution in [3.63, 3.8) is 0 Å². The molecule has 1 aromatic heterocycles. The van der Waals surface area contributed by atoms with Crippen molar-refractivity contribution in [3.8, 4) is 0 Å². The number of hydrogen-bond acceptors (Lipinski definition) is 5. The van der Waals surface area contributed by atoms with E-state index < -0.39 is 11.7 Å². The molecule has 2 N–H and O–H groups in total. The van der Waals surface area contributed by atoms with E-state index >= 15 is 0 Å². The second-order valence-electron chi connectivity index (χ2n) is 7.53. The molecular weight excluding hydrogens is 405 g/mol. The van der Waals surface area contributed by atoms with Crippen LogP contribution in [0.2, 0.25) is 0 Å². The summed E-state index contributed by atoms with van der Waals surface area (Å²) < 4.78 is 15.6. The van der Waals surface area contributed by atoms with E-state index in [0.717, 1.165) is 19.3 Å². The maximum Gasteiger partial charge on any atom is 0.254 e. The summed E-state index contributed by atoms with van der Waals surface area (Å²) in [6.07, 6.45) is 4.59. The molecule has 0 radical (unpaired) electrons. The van der Waals surface area contributed by atoms with E-state index in [1.54, 1.807) is 6.07 Å². The minimum atomic E-state index is -0.568. The Labute approximate surface area is 180 Å². The fourth-order valence-corrected chi connectivity index (χ4v) is 4.52. The molecule has 9 heteroatoms. The van der Waals surface area contributed by atoms with Gasteiger partial charge in [0.2, 0.25) is 5.91 Å². The fourth-order valence-electron chi connectivity index (χ4n) is 3.68. The van der Waals surface area contributed by atoms with Crippen molar-refractivity contribution in [2.24, 2.45) is 5.92 Å². The van der Waals surface area contributed by atoms with Crippen molar-refractivity contribution in [1.82, 2.24) is 25.4 Å². The Balaban J connectivity index is 1.54. The van der Waals surface area contributed by atoms with Crippen molar-refractivity contribution in [3.05, 3.63) is 41.5 Å². The summed E-state index contributed by atoms with van der Waals surface area (Å²) in [6.45, 7) is 4.86. The maximum atomic E-state index is 13.7. The summed E-state index contributed by atoms with van der Waals surface area (Å²) in [7, 11) is 0. The second-order valence-corrected chi connectivity index (χ2v) is 8.47. The van der Waals surface area contributed by atoms with E-state index in [2.05, 4.69) is 27.8 Å². The van der Waals surface area contributed by atoms with Gasteiger partial charge in [0.05, 0.1) is 17.9 Å². The Morgan fingerprint density at radius 2 is 2.00 bits per heavy atom. The predicted molar refractivity (Wildman–Crippen MR) is 114 cm³/mol. The van der Waals surface area contributed by atoms with Crippen molar-refractivity contribution in [1.29, 1.82) is 0 Å².